The van der Waals surface area contributed by atoms with Crippen LogP contribution in [0.3, 0.4) is 0 Å². The summed E-state index contributed by atoms with van der Waals surface area (Å²) in [6, 6.07) is 0. The van der Waals surface area contributed by atoms with Crippen molar-refractivity contribution in [3.8, 4) is 0 Å². The summed E-state index contributed by atoms with van der Waals surface area (Å²) in [4.78, 5) is 9.92. The number of ether oxygens (including phenoxy) is 1. The fourth-order valence-electron chi connectivity index (χ4n) is 0.229. The van der Waals surface area contributed by atoms with Crippen LogP contribution in [-0.2, 0) is 9.53 Å². The zero-order valence-corrected chi connectivity index (χ0v) is 7.01. The Kier molecular flexibility index (Phi) is 4.40. The van der Waals surface area contributed by atoms with Crippen LogP contribution in [0.1, 0.15) is 13.8 Å². The minimum absolute atomic E-state index is 0.123. The Morgan fingerprint density at radius 1 is 1.67 bits per heavy atom. The number of rotatable bonds is 3. The molecule has 3 heteroatoms. The van der Waals surface area contributed by atoms with Gasteiger partial charge >= 0.3 is 0 Å². The van der Waals surface area contributed by atoms with E-state index in [4.69, 9.17) is 4.74 Å². The summed E-state index contributed by atoms with van der Waals surface area (Å²) in [5.74, 6) is 0. The first-order valence-electron chi connectivity index (χ1n) is 2.63. The van der Waals surface area contributed by atoms with Crippen molar-refractivity contribution in [1.82, 2.24) is 0 Å². The monoisotopic (exact) mass is 192 g/mol. The molecular formula is C6H9BrO2. The molecule has 0 aliphatic heterocycles. The molecule has 9 heavy (non-hydrogen) atoms. The van der Waals surface area contributed by atoms with Crippen molar-refractivity contribution < 1.29 is 9.53 Å². The van der Waals surface area contributed by atoms with Gasteiger partial charge in [0.1, 0.15) is 6.26 Å². The Hall–Kier alpha value is -0.310. The third-order valence-corrected chi connectivity index (χ3v) is 0.939. The Labute approximate surface area is 63.0 Å². The zero-order valence-electron chi connectivity index (χ0n) is 5.43. The van der Waals surface area contributed by atoms with Gasteiger partial charge < -0.3 is 4.74 Å². The number of halogens is 1. The smallest absolute Gasteiger partial charge is 0.160 e. The van der Waals surface area contributed by atoms with E-state index in [-0.39, 0.29) is 6.10 Å². The molecule has 0 aromatic heterocycles. The van der Waals surface area contributed by atoms with Crippen LogP contribution in [0.25, 0.3) is 0 Å². The van der Waals surface area contributed by atoms with Crippen molar-refractivity contribution in [3.05, 3.63) is 10.7 Å². The van der Waals surface area contributed by atoms with E-state index in [1.165, 1.54) is 6.26 Å². The molecule has 0 aromatic rings. The predicted molar refractivity (Wildman–Crippen MR) is 39.3 cm³/mol. The molecule has 0 aromatic carbocycles. The Morgan fingerprint density at radius 3 is 2.56 bits per heavy atom. The quantitative estimate of drug-likeness (QED) is 0.388. The number of carbonyl (C=O) groups is 1. The van der Waals surface area contributed by atoms with Gasteiger partial charge in [0.15, 0.2) is 6.29 Å². The van der Waals surface area contributed by atoms with E-state index in [0.29, 0.717) is 10.8 Å². The molecule has 0 heterocycles. The molecule has 52 valence electrons. The van der Waals surface area contributed by atoms with Crippen LogP contribution in [0.2, 0.25) is 0 Å². The summed E-state index contributed by atoms with van der Waals surface area (Å²) in [5, 5.41) is 0. The zero-order chi connectivity index (χ0) is 7.28. The van der Waals surface area contributed by atoms with Crippen LogP contribution < -0.4 is 0 Å². The molecule has 0 rings (SSSR count). The van der Waals surface area contributed by atoms with Gasteiger partial charge in [0.25, 0.3) is 0 Å². The second kappa shape index (κ2) is 4.56. The average Bonchev–Trinajstić information content (AvgIpc) is 1.83. The largest absolute Gasteiger partial charge is 0.497 e. The molecule has 0 N–H and O–H groups in total. The lowest BCUT2D eigenvalue weighted by molar-refractivity contribution is -0.104. The van der Waals surface area contributed by atoms with Crippen molar-refractivity contribution in [3.63, 3.8) is 0 Å². The standard InChI is InChI=1S/C6H9BrO2/c1-5(2)9-4-6(7)3-8/h3-5H,1-2H3/b6-4+. The summed E-state index contributed by atoms with van der Waals surface area (Å²) in [7, 11) is 0. The van der Waals surface area contributed by atoms with Crippen molar-refractivity contribution in [1.29, 1.82) is 0 Å². The molecule has 0 unspecified atom stereocenters. The molecule has 2 nitrogen and oxygen atoms in total. The van der Waals surface area contributed by atoms with E-state index >= 15 is 0 Å². The Morgan fingerprint density at radius 2 is 2.22 bits per heavy atom. The second-order valence-electron chi connectivity index (χ2n) is 1.81. The van der Waals surface area contributed by atoms with Crippen LogP contribution in [0, 0.1) is 0 Å². The van der Waals surface area contributed by atoms with Gasteiger partial charge in [0.05, 0.1) is 10.6 Å². The third-order valence-electron chi connectivity index (χ3n) is 0.565. The molecule has 0 saturated carbocycles. The van der Waals surface area contributed by atoms with Gasteiger partial charge in [0, 0.05) is 0 Å². The first kappa shape index (κ1) is 8.69. The van der Waals surface area contributed by atoms with E-state index in [9.17, 15) is 4.79 Å². The molecule has 0 aliphatic rings. The van der Waals surface area contributed by atoms with Crippen LogP contribution in [0.4, 0.5) is 0 Å². The lowest BCUT2D eigenvalue weighted by Gasteiger charge is -2.01. The topological polar surface area (TPSA) is 26.3 Å². The minimum Gasteiger partial charge on any atom is -0.497 e. The van der Waals surface area contributed by atoms with Crippen molar-refractivity contribution in [2.45, 2.75) is 20.0 Å². The highest BCUT2D eigenvalue weighted by Crippen LogP contribution is 2.01. The summed E-state index contributed by atoms with van der Waals surface area (Å²) in [6.45, 7) is 3.78. The molecule has 0 bridgehead atoms. The van der Waals surface area contributed by atoms with E-state index in [2.05, 4.69) is 15.9 Å². The normalized spacial score (nSPS) is 11.8. The predicted octanol–water partition coefficient (Wildman–Crippen LogP) is 1.85. The number of allylic oxidation sites excluding steroid dienone is 1. The molecule has 0 atom stereocenters. The molecular weight excluding hydrogens is 184 g/mol. The van der Waals surface area contributed by atoms with Crippen LogP contribution >= 0.6 is 15.9 Å². The maximum absolute atomic E-state index is 9.92. The van der Waals surface area contributed by atoms with Gasteiger partial charge in [-0.3, -0.25) is 4.79 Å². The van der Waals surface area contributed by atoms with E-state index in [1.807, 2.05) is 13.8 Å². The van der Waals surface area contributed by atoms with E-state index in [1.54, 1.807) is 0 Å². The Bertz CT molecular complexity index is 118. The van der Waals surface area contributed by atoms with Gasteiger partial charge in [-0.25, -0.2) is 0 Å². The van der Waals surface area contributed by atoms with Gasteiger partial charge in [-0.15, -0.1) is 0 Å². The van der Waals surface area contributed by atoms with E-state index < -0.39 is 0 Å². The van der Waals surface area contributed by atoms with Gasteiger partial charge in [-0.1, -0.05) is 0 Å². The van der Waals surface area contributed by atoms with Crippen molar-refractivity contribution >= 4 is 22.2 Å². The summed E-state index contributed by atoms with van der Waals surface area (Å²) in [6.07, 6.45) is 2.19. The summed E-state index contributed by atoms with van der Waals surface area (Å²) in [5.41, 5.74) is 0. The summed E-state index contributed by atoms with van der Waals surface area (Å²) < 4.78 is 5.38. The highest BCUT2D eigenvalue weighted by atomic mass is 79.9. The van der Waals surface area contributed by atoms with Gasteiger partial charge in [-0.05, 0) is 29.8 Å². The third kappa shape index (κ3) is 5.56. The molecule has 0 aliphatic carbocycles. The average molecular weight is 193 g/mol. The lowest BCUT2D eigenvalue weighted by Crippen LogP contribution is -1.95. The maximum atomic E-state index is 9.92. The lowest BCUT2D eigenvalue weighted by atomic mass is 10.5. The van der Waals surface area contributed by atoms with Crippen molar-refractivity contribution in [2.75, 3.05) is 0 Å². The first-order chi connectivity index (χ1) is 4.16. The molecule has 0 radical (unpaired) electrons. The maximum Gasteiger partial charge on any atom is 0.160 e. The molecule has 0 saturated heterocycles. The number of carbonyl (C=O) groups excluding carboxylic acids is 1. The fraction of sp³-hybridized carbons (Fsp3) is 0.500. The highest BCUT2D eigenvalue weighted by Gasteiger charge is 1.89. The minimum atomic E-state index is 0.123. The number of hydrogen-bond acceptors (Lipinski definition) is 2. The van der Waals surface area contributed by atoms with Crippen LogP contribution in [0.5, 0.6) is 0 Å². The SMILES string of the molecule is CC(C)O/C=C(/Br)C=O. The second-order valence-corrected chi connectivity index (χ2v) is 2.72. The summed E-state index contributed by atoms with van der Waals surface area (Å²) >= 11 is 2.97. The van der Waals surface area contributed by atoms with Crippen LogP contribution in [-0.4, -0.2) is 12.4 Å². The van der Waals surface area contributed by atoms with Gasteiger partial charge in [-0.2, -0.15) is 0 Å². The number of aldehydes is 1. The van der Waals surface area contributed by atoms with Crippen LogP contribution in [0.15, 0.2) is 10.7 Å². The number of hydrogen-bond donors (Lipinski definition) is 0. The molecule has 0 amide bonds. The van der Waals surface area contributed by atoms with Gasteiger partial charge in [0.2, 0.25) is 0 Å². The Balaban J connectivity index is 3.56. The van der Waals surface area contributed by atoms with E-state index in [0.717, 1.165) is 0 Å². The fourth-order valence-corrected chi connectivity index (χ4v) is 0.337. The van der Waals surface area contributed by atoms with Crippen molar-refractivity contribution in [2.24, 2.45) is 0 Å². The first-order valence-corrected chi connectivity index (χ1v) is 3.42. The molecule has 0 fully saturated rings. The highest BCUT2D eigenvalue weighted by molar-refractivity contribution is 9.12. The molecule has 0 spiro atoms.